The number of ether oxygens (including phenoxy) is 5. The Bertz CT molecular complexity index is 729. The van der Waals surface area contributed by atoms with Gasteiger partial charge in [0.05, 0.1) is 19.3 Å². The van der Waals surface area contributed by atoms with Crippen molar-refractivity contribution in [2.45, 2.75) is 76.9 Å². The largest absolute Gasteiger partial charge is 0.466 e. The van der Waals surface area contributed by atoms with Crippen LogP contribution in [-0.2, 0) is 47.7 Å². The van der Waals surface area contributed by atoms with Crippen molar-refractivity contribution in [3.8, 4) is 0 Å². The number of hydrogen-bond donors (Lipinski definition) is 1. The summed E-state index contributed by atoms with van der Waals surface area (Å²) >= 11 is 6.42. The number of hydrogen-bond acceptors (Lipinski definition) is 10. The third-order valence-corrected chi connectivity index (χ3v) is 5.27. The van der Waals surface area contributed by atoms with E-state index in [1.54, 1.807) is 13.8 Å². The maximum atomic E-state index is 12.4. The molecule has 1 heterocycles. The zero-order valence-electron chi connectivity index (χ0n) is 19.0. The van der Waals surface area contributed by atoms with Crippen molar-refractivity contribution >= 4 is 41.4 Å². The Morgan fingerprint density at radius 2 is 1.75 bits per heavy atom. The van der Waals surface area contributed by atoms with Crippen LogP contribution in [0.25, 0.3) is 0 Å². The molecule has 1 amide bonds. The van der Waals surface area contributed by atoms with Crippen LogP contribution in [-0.4, -0.2) is 72.9 Å². The van der Waals surface area contributed by atoms with E-state index in [0.29, 0.717) is 0 Å². The van der Waals surface area contributed by atoms with Gasteiger partial charge in [-0.05, 0) is 0 Å². The van der Waals surface area contributed by atoms with Gasteiger partial charge in [-0.3, -0.25) is 19.2 Å². The number of carbonyl (C=O) groups excluding carboxylic acids is 5. The number of esters is 4. The van der Waals surface area contributed by atoms with Gasteiger partial charge in [-0.1, -0.05) is 25.4 Å². The topological polar surface area (TPSA) is 144 Å². The minimum Gasteiger partial charge on any atom is -0.466 e. The monoisotopic (exact) mass is 479 g/mol. The summed E-state index contributed by atoms with van der Waals surface area (Å²) in [6.45, 7) is 6.44. The van der Waals surface area contributed by atoms with Crippen LogP contribution >= 0.6 is 11.6 Å². The lowest BCUT2D eigenvalue weighted by Gasteiger charge is -2.47. The van der Waals surface area contributed by atoms with Gasteiger partial charge in [0.2, 0.25) is 11.0 Å². The van der Waals surface area contributed by atoms with Crippen LogP contribution in [0, 0.1) is 5.92 Å². The number of rotatable bonds is 9. The fourth-order valence-electron chi connectivity index (χ4n) is 3.36. The second kappa shape index (κ2) is 12.0. The number of alkyl halides is 1. The molecule has 32 heavy (non-hydrogen) atoms. The van der Waals surface area contributed by atoms with Crippen LogP contribution in [0.4, 0.5) is 0 Å². The van der Waals surface area contributed by atoms with Gasteiger partial charge in [0.25, 0.3) is 0 Å². The highest BCUT2D eigenvalue weighted by molar-refractivity contribution is 6.32. The van der Waals surface area contributed by atoms with Crippen molar-refractivity contribution in [1.82, 2.24) is 5.32 Å². The van der Waals surface area contributed by atoms with E-state index in [1.165, 1.54) is 20.8 Å². The van der Waals surface area contributed by atoms with E-state index in [2.05, 4.69) is 5.32 Å². The molecular weight excluding hydrogens is 450 g/mol. The number of carbonyl (C=O) groups is 5. The Morgan fingerprint density at radius 1 is 1.12 bits per heavy atom. The van der Waals surface area contributed by atoms with Crippen molar-refractivity contribution in [3.05, 3.63) is 0 Å². The molecule has 6 atom stereocenters. The standard InChI is InChI=1S/C20H30ClNO10/c1-7-16(26)22-17-14(30-12(4)24)8-20(21,19(27)28-6)32-18(17)10(2)15(31-13(5)25)9-29-11(3)23/h10,14-15,17-18H,7-9H2,1-6H3,(H,22,26)/t10-,14+,15-,17-,18+,20+/m1/s1. The molecule has 1 rings (SSSR count). The maximum absolute atomic E-state index is 12.4. The SMILES string of the molecule is CCC(=O)N[C@H]1[C@H]([C@H](C)[C@@H](COC(C)=O)OC(C)=O)O[C@](Cl)(C(=O)OC)C[C@@H]1OC(C)=O. The molecule has 1 aliphatic rings. The summed E-state index contributed by atoms with van der Waals surface area (Å²) in [6, 6.07) is -0.951. The molecule has 1 N–H and O–H groups in total. The lowest BCUT2D eigenvalue weighted by Crippen LogP contribution is -2.65. The summed E-state index contributed by atoms with van der Waals surface area (Å²) in [5.41, 5.74) is 0. The predicted molar refractivity (Wildman–Crippen MR) is 109 cm³/mol. The van der Waals surface area contributed by atoms with Crippen LogP contribution in [0.2, 0.25) is 0 Å². The number of halogens is 1. The van der Waals surface area contributed by atoms with Gasteiger partial charge >= 0.3 is 23.9 Å². The van der Waals surface area contributed by atoms with Gasteiger partial charge in [0, 0.05) is 39.5 Å². The highest BCUT2D eigenvalue weighted by Gasteiger charge is 2.55. The lowest BCUT2D eigenvalue weighted by atomic mass is 9.85. The van der Waals surface area contributed by atoms with Gasteiger partial charge in [-0.2, -0.15) is 0 Å². The molecule has 1 fully saturated rings. The van der Waals surface area contributed by atoms with Crippen molar-refractivity contribution in [2.75, 3.05) is 13.7 Å². The second-order valence-corrected chi connectivity index (χ2v) is 8.02. The van der Waals surface area contributed by atoms with E-state index in [1.807, 2.05) is 0 Å². The third kappa shape index (κ3) is 7.63. The predicted octanol–water partition coefficient (Wildman–Crippen LogP) is 0.841. The van der Waals surface area contributed by atoms with Crippen LogP contribution in [0.5, 0.6) is 0 Å². The molecule has 0 aromatic carbocycles. The van der Waals surface area contributed by atoms with Crippen molar-refractivity contribution < 1.29 is 47.7 Å². The summed E-state index contributed by atoms with van der Waals surface area (Å²) in [6.07, 6.45) is -3.36. The van der Waals surface area contributed by atoms with E-state index in [4.69, 9.17) is 35.3 Å². The van der Waals surface area contributed by atoms with Gasteiger partial charge in [-0.15, -0.1) is 0 Å². The number of amides is 1. The van der Waals surface area contributed by atoms with E-state index in [0.717, 1.165) is 7.11 Å². The molecule has 0 aliphatic carbocycles. The summed E-state index contributed by atoms with van der Waals surface area (Å²) in [7, 11) is 1.11. The Balaban J connectivity index is 3.43. The van der Waals surface area contributed by atoms with Crippen LogP contribution in [0.15, 0.2) is 0 Å². The van der Waals surface area contributed by atoms with Crippen LogP contribution in [0.3, 0.4) is 0 Å². The van der Waals surface area contributed by atoms with E-state index >= 15 is 0 Å². The normalized spacial score (nSPS) is 26.8. The molecule has 11 nitrogen and oxygen atoms in total. The average Bonchev–Trinajstić information content (AvgIpc) is 2.70. The molecule has 0 radical (unpaired) electrons. The first-order valence-electron chi connectivity index (χ1n) is 10.1. The Kier molecular flexibility index (Phi) is 10.4. The van der Waals surface area contributed by atoms with Gasteiger partial charge in [0.1, 0.15) is 18.8 Å². The molecule has 12 heteroatoms. The zero-order valence-corrected chi connectivity index (χ0v) is 19.7. The molecule has 0 spiro atoms. The Hall–Kier alpha value is -2.40. The summed E-state index contributed by atoms with van der Waals surface area (Å²) in [4.78, 5) is 59.3. The molecule has 1 aliphatic heterocycles. The van der Waals surface area contributed by atoms with E-state index < -0.39 is 59.2 Å². The smallest absolute Gasteiger partial charge is 0.354 e. The van der Waals surface area contributed by atoms with Gasteiger partial charge in [0.15, 0.2) is 0 Å². The fraction of sp³-hybridized carbons (Fsp3) is 0.750. The van der Waals surface area contributed by atoms with Gasteiger partial charge < -0.3 is 29.0 Å². The summed E-state index contributed by atoms with van der Waals surface area (Å²) in [5.74, 6) is -4.01. The third-order valence-electron chi connectivity index (χ3n) is 4.87. The first-order chi connectivity index (χ1) is 14.8. The van der Waals surface area contributed by atoms with Crippen molar-refractivity contribution in [3.63, 3.8) is 0 Å². The van der Waals surface area contributed by atoms with E-state index in [9.17, 15) is 24.0 Å². The lowest BCUT2D eigenvalue weighted by molar-refractivity contribution is -0.207. The van der Waals surface area contributed by atoms with Crippen molar-refractivity contribution in [1.29, 1.82) is 0 Å². The number of nitrogens with one attached hydrogen (secondary N) is 1. The zero-order chi connectivity index (χ0) is 24.6. The minimum absolute atomic E-state index is 0.119. The summed E-state index contributed by atoms with van der Waals surface area (Å²) < 4.78 is 26.3. The average molecular weight is 480 g/mol. The Labute approximate surface area is 191 Å². The van der Waals surface area contributed by atoms with Crippen LogP contribution < -0.4 is 5.32 Å². The molecule has 1 saturated heterocycles. The van der Waals surface area contributed by atoms with Crippen molar-refractivity contribution in [2.24, 2.45) is 5.92 Å². The maximum Gasteiger partial charge on any atom is 0.354 e. The van der Waals surface area contributed by atoms with Crippen LogP contribution in [0.1, 0.15) is 47.5 Å². The fourth-order valence-corrected chi connectivity index (χ4v) is 3.69. The molecule has 0 aromatic heterocycles. The second-order valence-electron chi connectivity index (χ2n) is 7.41. The molecule has 182 valence electrons. The van der Waals surface area contributed by atoms with Gasteiger partial charge in [-0.25, -0.2) is 4.79 Å². The first kappa shape index (κ1) is 27.6. The number of methoxy groups -OCH3 is 1. The highest BCUT2D eigenvalue weighted by Crippen LogP contribution is 2.39. The highest BCUT2D eigenvalue weighted by atomic mass is 35.5. The summed E-state index contributed by atoms with van der Waals surface area (Å²) in [5, 5.41) is 0.684. The molecule has 0 unspecified atom stereocenters. The van der Waals surface area contributed by atoms with E-state index in [-0.39, 0.29) is 25.4 Å². The molecule has 0 saturated carbocycles. The molecule has 0 bridgehead atoms. The first-order valence-corrected chi connectivity index (χ1v) is 10.4. The minimum atomic E-state index is -2.04. The molecular formula is C20H30ClNO10. The Morgan fingerprint density at radius 3 is 2.22 bits per heavy atom. The quantitative estimate of drug-likeness (QED) is 0.287. The molecule has 0 aromatic rings.